The number of piperazine rings is 1. The Bertz CT molecular complexity index is 542. The van der Waals surface area contributed by atoms with Crippen LogP contribution < -0.4 is 19.9 Å². The van der Waals surface area contributed by atoms with Gasteiger partial charge in [-0.15, -0.1) is 0 Å². The molecule has 5 heteroatoms. The van der Waals surface area contributed by atoms with E-state index in [9.17, 15) is 4.79 Å². The summed E-state index contributed by atoms with van der Waals surface area (Å²) in [5.74, 6) is 1.11. The quantitative estimate of drug-likeness (QED) is 0.625. The second-order valence-electron chi connectivity index (χ2n) is 7.40. The van der Waals surface area contributed by atoms with Crippen molar-refractivity contribution in [2.75, 3.05) is 44.7 Å². The number of benzene rings is 1. The fourth-order valence-corrected chi connectivity index (χ4v) is 3.63. The van der Waals surface area contributed by atoms with Gasteiger partial charge in [0.1, 0.15) is 5.75 Å². The predicted octanol–water partition coefficient (Wildman–Crippen LogP) is 1.88. The molecule has 1 aromatic rings. The summed E-state index contributed by atoms with van der Waals surface area (Å²) in [6.45, 7) is 8.80. The number of amides is 1. The van der Waals surface area contributed by atoms with Crippen LogP contribution in [-0.4, -0.2) is 51.8 Å². The Hall–Kier alpha value is -1.75. The van der Waals surface area contributed by atoms with Crippen molar-refractivity contribution in [1.82, 2.24) is 5.32 Å². The van der Waals surface area contributed by atoms with E-state index in [2.05, 4.69) is 30.1 Å². The molecular formula is C21H36N3O2+. The first-order valence-electron chi connectivity index (χ1n) is 10.1. The molecule has 2 rings (SSSR count). The van der Waals surface area contributed by atoms with Crippen molar-refractivity contribution in [2.45, 2.75) is 52.0 Å². The van der Waals surface area contributed by atoms with Gasteiger partial charge < -0.3 is 19.9 Å². The van der Waals surface area contributed by atoms with Crippen LogP contribution in [0.25, 0.3) is 0 Å². The second-order valence-corrected chi connectivity index (χ2v) is 7.40. The van der Waals surface area contributed by atoms with Gasteiger partial charge in [-0.1, -0.05) is 44.7 Å². The lowest BCUT2D eigenvalue weighted by atomic mass is 10.1. The zero-order valence-corrected chi connectivity index (χ0v) is 16.7. The summed E-state index contributed by atoms with van der Waals surface area (Å²) in [7, 11) is 1.72. The number of para-hydroxylation sites is 2. The van der Waals surface area contributed by atoms with Crippen molar-refractivity contribution in [3.8, 4) is 5.75 Å². The Morgan fingerprint density at radius 2 is 1.96 bits per heavy atom. The van der Waals surface area contributed by atoms with E-state index in [-0.39, 0.29) is 11.9 Å². The maximum Gasteiger partial charge on any atom is 0.275 e. The summed E-state index contributed by atoms with van der Waals surface area (Å²) < 4.78 is 5.47. The van der Waals surface area contributed by atoms with E-state index < -0.39 is 0 Å². The monoisotopic (exact) mass is 362 g/mol. The zero-order valence-electron chi connectivity index (χ0n) is 16.7. The number of nitrogens with one attached hydrogen (secondary N) is 2. The first kappa shape index (κ1) is 20.6. The minimum Gasteiger partial charge on any atom is -0.495 e. The maximum absolute atomic E-state index is 12.3. The molecule has 1 fully saturated rings. The highest BCUT2D eigenvalue weighted by molar-refractivity contribution is 5.77. The third-order valence-corrected chi connectivity index (χ3v) is 5.21. The van der Waals surface area contributed by atoms with E-state index in [0.29, 0.717) is 6.54 Å². The van der Waals surface area contributed by atoms with Gasteiger partial charge in [0.25, 0.3) is 5.91 Å². The number of methoxy groups -OCH3 is 1. The highest BCUT2D eigenvalue weighted by Gasteiger charge is 2.24. The summed E-state index contributed by atoms with van der Waals surface area (Å²) in [4.78, 5) is 16.0. The number of anilines is 1. The van der Waals surface area contributed by atoms with Crippen molar-refractivity contribution in [3.63, 3.8) is 0 Å². The van der Waals surface area contributed by atoms with E-state index in [1.54, 1.807) is 7.11 Å². The fourth-order valence-electron chi connectivity index (χ4n) is 3.63. The van der Waals surface area contributed by atoms with Crippen LogP contribution in [0.3, 0.4) is 0 Å². The van der Waals surface area contributed by atoms with Gasteiger partial charge in [0.15, 0.2) is 6.54 Å². The van der Waals surface area contributed by atoms with Crippen LogP contribution in [-0.2, 0) is 4.79 Å². The Kier molecular flexibility index (Phi) is 8.75. The molecule has 146 valence electrons. The lowest BCUT2D eigenvalue weighted by Crippen LogP contribution is -3.16. The number of nitrogens with zero attached hydrogens (tertiary/aromatic N) is 1. The standard InChI is InChI=1S/C21H35N3O2/c1-4-5-6-7-10-18(2)22-21(25)17-23-13-15-24(16-14-23)19-11-8-9-12-20(19)26-3/h8-9,11-12,18H,4-7,10,13-17H2,1-3H3,(H,22,25)/p+1/t18-/m0/s1. The molecule has 1 saturated heterocycles. The Morgan fingerprint density at radius 3 is 2.65 bits per heavy atom. The van der Waals surface area contributed by atoms with Gasteiger partial charge in [0.2, 0.25) is 0 Å². The third kappa shape index (κ3) is 6.52. The van der Waals surface area contributed by atoms with E-state index in [4.69, 9.17) is 4.74 Å². The van der Waals surface area contributed by atoms with Gasteiger partial charge in [-0.05, 0) is 25.5 Å². The lowest BCUT2D eigenvalue weighted by molar-refractivity contribution is -0.892. The highest BCUT2D eigenvalue weighted by atomic mass is 16.5. The Labute approximate surface area is 158 Å². The maximum atomic E-state index is 12.3. The van der Waals surface area contributed by atoms with Crippen molar-refractivity contribution in [3.05, 3.63) is 24.3 Å². The summed E-state index contributed by atoms with van der Waals surface area (Å²) in [5, 5.41) is 3.17. The molecule has 0 bridgehead atoms. The van der Waals surface area contributed by atoms with Crippen molar-refractivity contribution in [2.24, 2.45) is 0 Å². The van der Waals surface area contributed by atoms with E-state index in [1.807, 2.05) is 18.2 Å². The molecule has 1 amide bonds. The summed E-state index contributed by atoms with van der Waals surface area (Å²) in [6.07, 6.45) is 6.11. The highest BCUT2D eigenvalue weighted by Crippen LogP contribution is 2.27. The second kappa shape index (κ2) is 11.1. The summed E-state index contributed by atoms with van der Waals surface area (Å²) in [5.41, 5.74) is 1.15. The van der Waals surface area contributed by atoms with Crippen LogP contribution in [0, 0.1) is 0 Å². The van der Waals surface area contributed by atoms with E-state index >= 15 is 0 Å². The smallest absolute Gasteiger partial charge is 0.275 e. The third-order valence-electron chi connectivity index (χ3n) is 5.21. The molecule has 0 saturated carbocycles. The van der Waals surface area contributed by atoms with Crippen molar-refractivity contribution >= 4 is 11.6 Å². The van der Waals surface area contributed by atoms with Gasteiger partial charge >= 0.3 is 0 Å². The van der Waals surface area contributed by atoms with Gasteiger partial charge in [0.05, 0.1) is 39.0 Å². The summed E-state index contributed by atoms with van der Waals surface area (Å²) >= 11 is 0. The average molecular weight is 363 g/mol. The molecule has 2 N–H and O–H groups in total. The van der Waals surface area contributed by atoms with Crippen LogP contribution in [0.15, 0.2) is 24.3 Å². The van der Waals surface area contributed by atoms with Crippen LogP contribution in [0.5, 0.6) is 5.75 Å². The minimum atomic E-state index is 0.189. The molecule has 0 radical (unpaired) electrons. The van der Waals surface area contributed by atoms with Gasteiger partial charge in [-0.3, -0.25) is 4.79 Å². The van der Waals surface area contributed by atoms with Crippen LogP contribution >= 0.6 is 0 Å². The first-order chi connectivity index (χ1) is 12.6. The number of unbranched alkanes of at least 4 members (excludes halogenated alkanes) is 3. The van der Waals surface area contributed by atoms with Crippen molar-refractivity contribution < 1.29 is 14.4 Å². The Morgan fingerprint density at radius 1 is 1.23 bits per heavy atom. The number of ether oxygens (including phenoxy) is 1. The first-order valence-corrected chi connectivity index (χ1v) is 10.1. The van der Waals surface area contributed by atoms with Gasteiger partial charge in [0, 0.05) is 6.04 Å². The Balaban J connectivity index is 1.70. The van der Waals surface area contributed by atoms with Crippen LogP contribution in [0.1, 0.15) is 46.0 Å². The molecule has 0 unspecified atom stereocenters. The molecule has 1 aliphatic rings. The minimum absolute atomic E-state index is 0.189. The van der Waals surface area contributed by atoms with Gasteiger partial charge in [-0.25, -0.2) is 0 Å². The number of hydrogen-bond acceptors (Lipinski definition) is 3. The molecular weight excluding hydrogens is 326 g/mol. The topological polar surface area (TPSA) is 46.0 Å². The lowest BCUT2D eigenvalue weighted by Gasteiger charge is -2.34. The molecule has 0 aliphatic carbocycles. The number of rotatable bonds is 10. The molecule has 1 aliphatic heterocycles. The number of hydrogen-bond donors (Lipinski definition) is 2. The van der Waals surface area contributed by atoms with Gasteiger partial charge in [-0.2, -0.15) is 0 Å². The van der Waals surface area contributed by atoms with Crippen LogP contribution in [0.2, 0.25) is 0 Å². The van der Waals surface area contributed by atoms with E-state index in [0.717, 1.165) is 44.0 Å². The number of carbonyl (C=O) groups excluding carboxylic acids is 1. The fraction of sp³-hybridized carbons (Fsp3) is 0.667. The molecule has 5 nitrogen and oxygen atoms in total. The SMILES string of the molecule is CCCCCC[C@H](C)NC(=O)C[NH+]1CCN(c2ccccc2OC)CC1. The normalized spacial score (nSPS) is 16.3. The summed E-state index contributed by atoms with van der Waals surface area (Å²) in [6, 6.07) is 8.44. The molecule has 26 heavy (non-hydrogen) atoms. The average Bonchev–Trinajstić information content (AvgIpc) is 2.66. The van der Waals surface area contributed by atoms with Crippen LogP contribution in [0.4, 0.5) is 5.69 Å². The molecule has 0 aromatic heterocycles. The zero-order chi connectivity index (χ0) is 18.8. The predicted molar refractivity (Wildman–Crippen MR) is 107 cm³/mol. The molecule has 1 aromatic carbocycles. The van der Waals surface area contributed by atoms with Crippen molar-refractivity contribution in [1.29, 1.82) is 0 Å². The largest absolute Gasteiger partial charge is 0.495 e. The molecule has 1 atom stereocenters. The van der Waals surface area contributed by atoms with E-state index in [1.165, 1.54) is 30.6 Å². The number of carbonyl (C=O) groups is 1. The molecule has 0 spiro atoms. The number of quaternary nitrogens is 1. The molecule has 1 heterocycles.